The maximum atomic E-state index is 11.5. The third-order valence-electron chi connectivity index (χ3n) is 1.78. The van der Waals surface area contributed by atoms with Gasteiger partial charge in [0.1, 0.15) is 0 Å². The SMILES string of the molecule is CCCCC(=O)c1cncc(Br)c1. The number of aromatic nitrogens is 1. The highest BCUT2D eigenvalue weighted by Crippen LogP contribution is 2.12. The molecule has 0 radical (unpaired) electrons. The van der Waals surface area contributed by atoms with Crippen molar-refractivity contribution in [2.24, 2.45) is 0 Å². The molecule has 70 valence electrons. The molecule has 3 heteroatoms. The number of halogens is 1. The molecule has 0 bridgehead atoms. The molecule has 1 aromatic rings. The molecule has 0 N–H and O–H groups in total. The van der Waals surface area contributed by atoms with Gasteiger partial charge >= 0.3 is 0 Å². The minimum Gasteiger partial charge on any atom is -0.294 e. The fourth-order valence-electron chi connectivity index (χ4n) is 1.05. The minimum absolute atomic E-state index is 0.177. The van der Waals surface area contributed by atoms with Crippen molar-refractivity contribution in [2.45, 2.75) is 26.2 Å². The number of ketones is 1. The quantitative estimate of drug-likeness (QED) is 0.758. The molecule has 0 atom stereocenters. The van der Waals surface area contributed by atoms with Crippen molar-refractivity contribution >= 4 is 21.7 Å². The monoisotopic (exact) mass is 241 g/mol. The Balaban J connectivity index is 2.66. The van der Waals surface area contributed by atoms with Gasteiger partial charge in [0.05, 0.1) is 0 Å². The molecule has 0 amide bonds. The van der Waals surface area contributed by atoms with E-state index in [2.05, 4.69) is 27.8 Å². The molecule has 1 rings (SSSR count). The number of pyridine rings is 1. The van der Waals surface area contributed by atoms with E-state index in [1.54, 1.807) is 12.4 Å². The normalized spacial score (nSPS) is 10.0. The highest BCUT2D eigenvalue weighted by molar-refractivity contribution is 9.10. The summed E-state index contributed by atoms with van der Waals surface area (Å²) in [6.07, 6.45) is 5.91. The zero-order valence-electron chi connectivity index (χ0n) is 7.59. The predicted molar refractivity (Wildman–Crippen MR) is 55.8 cm³/mol. The van der Waals surface area contributed by atoms with E-state index >= 15 is 0 Å². The van der Waals surface area contributed by atoms with Crippen LogP contribution in [0.5, 0.6) is 0 Å². The number of rotatable bonds is 4. The molecule has 13 heavy (non-hydrogen) atoms. The van der Waals surface area contributed by atoms with Gasteiger partial charge < -0.3 is 0 Å². The van der Waals surface area contributed by atoms with Crippen LogP contribution in [0.2, 0.25) is 0 Å². The molecular formula is C10H12BrNO. The van der Waals surface area contributed by atoms with E-state index in [1.807, 2.05) is 6.07 Å². The zero-order valence-corrected chi connectivity index (χ0v) is 9.17. The molecule has 1 heterocycles. The Morgan fingerprint density at radius 1 is 1.54 bits per heavy atom. The molecule has 0 aliphatic rings. The lowest BCUT2D eigenvalue weighted by Crippen LogP contribution is -1.99. The molecule has 1 aromatic heterocycles. The first kappa shape index (κ1) is 10.4. The van der Waals surface area contributed by atoms with Crippen LogP contribution < -0.4 is 0 Å². The number of hydrogen-bond acceptors (Lipinski definition) is 2. The highest BCUT2D eigenvalue weighted by Gasteiger charge is 2.05. The Morgan fingerprint density at radius 3 is 2.92 bits per heavy atom. The number of carbonyl (C=O) groups is 1. The molecule has 0 aliphatic heterocycles. The van der Waals surface area contributed by atoms with Gasteiger partial charge in [-0.25, -0.2) is 0 Å². The van der Waals surface area contributed by atoms with Crippen molar-refractivity contribution in [3.05, 3.63) is 28.5 Å². The minimum atomic E-state index is 0.177. The van der Waals surface area contributed by atoms with Crippen molar-refractivity contribution < 1.29 is 4.79 Å². The summed E-state index contributed by atoms with van der Waals surface area (Å²) in [5.74, 6) is 0.177. The second kappa shape index (κ2) is 5.12. The second-order valence-corrected chi connectivity index (χ2v) is 3.83. The van der Waals surface area contributed by atoms with Gasteiger partial charge in [0.25, 0.3) is 0 Å². The van der Waals surface area contributed by atoms with E-state index < -0.39 is 0 Å². The van der Waals surface area contributed by atoms with Crippen molar-refractivity contribution in [1.82, 2.24) is 4.98 Å². The van der Waals surface area contributed by atoms with Gasteiger partial charge in [0.15, 0.2) is 5.78 Å². The van der Waals surface area contributed by atoms with Gasteiger partial charge in [-0.05, 0) is 28.4 Å². The smallest absolute Gasteiger partial charge is 0.164 e. The van der Waals surface area contributed by atoms with E-state index in [-0.39, 0.29) is 5.78 Å². The molecule has 0 aromatic carbocycles. The van der Waals surface area contributed by atoms with Crippen LogP contribution in [0.3, 0.4) is 0 Å². The van der Waals surface area contributed by atoms with Gasteiger partial charge in [-0.15, -0.1) is 0 Å². The largest absolute Gasteiger partial charge is 0.294 e. The summed E-state index contributed by atoms with van der Waals surface area (Å²) >= 11 is 3.28. The third kappa shape index (κ3) is 3.27. The summed E-state index contributed by atoms with van der Waals surface area (Å²) < 4.78 is 0.856. The van der Waals surface area contributed by atoms with Gasteiger partial charge in [0.2, 0.25) is 0 Å². The maximum absolute atomic E-state index is 11.5. The van der Waals surface area contributed by atoms with Crippen molar-refractivity contribution in [1.29, 1.82) is 0 Å². The molecule has 0 aliphatic carbocycles. The van der Waals surface area contributed by atoms with Crippen LogP contribution >= 0.6 is 15.9 Å². The number of hydrogen-bond donors (Lipinski definition) is 0. The molecule has 0 fully saturated rings. The Labute approximate surface area is 86.5 Å². The Bertz CT molecular complexity index is 299. The summed E-state index contributed by atoms with van der Waals surface area (Å²) in [6.45, 7) is 2.08. The van der Waals surface area contributed by atoms with Crippen LogP contribution in [0.4, 0.5) is 0 Å². The van der Waals surface area contributed by atoms with Crippen LogP contribution in [-0.4, -0.2) is 10.8 Å². The summed E-state index contributed by atoms with van der Waals surface area (Å²) in [5.41, 5.74) is 0.697. The summed E-state index contributed by atoms with van der Waals surface area (Å²) in [6, 6.07) is 1.81. The first-order valence-electron chi connectivity index (χ1n) is 4.37. The van der Waals surface area contributed by atoms with Gasteiger partial charge in [-0.2, -0.15) is 0 Å². The fourth-order valence-corrected chi connectivity index (χ4v) is 1.41. The van der Waals surface area contributed by atoms with Crippen molar-refractivity contribution in [3.63, 3.8) is 0 Å². The Hall–Kier alpha value is -0.700. The average molecular weight is 242 g/mol. The first-order valence-corrected chi connectivity index (χ1v) is 5.17. The third-order valence-corrected chi connectivity index (χ3v) is 2.22. The highest BCUT2D eigenvalue weighted by atomic mass is 79.9. The van der Waals surface area contributed by atoms with Crippen LogP contribution in [-0.2, 0) is 0 Å². The van der Waals surface area contributed by atoms with Crippen molar-refractivity contribution in [2.75, 3.05) is 0 Å². The zero-order chi connectivity index (χ0) is 9.68. The second-order valence-electron chi connectivity index (χ2n) is 2.92. The topological polar surface area (TPSA) is 30.0 Å². The number of unbranched alkanes of at least 4 members (excludes halogenated alkanes) is 1. The van der Waals surface area contributed by atoms with Crippen LogP contribution in [0.25, 0.3) is 0 Å². The van der Waals surface area contributed by atoms with E-state index in [4.69, 9.17) is 0 Å². The van der Waals surface area contributed by atoms with Gasteiger partial charge in [0, 0.05) is 28.9 Å². The van der Waals surface area contributed by atoms with Gasteiger partial charge in [-0.1, -0.05) is 13.3 Å². The molecule has 0 spiro atoms. The summed E-state index contributed by atoms with van der Waals surface area (Å²) in [5, 5.41) is 0. The maximum Gasteiger partial charge on any atom is 0.164 e. The van der Waals surface area contributed by atoms with E-state index in [0.29, 0.717) is 12.0 Å². The number of Topliss-reactive ketones (excluding diaryl/α,β-unsaturated/α-hetero) is 1. The van der Waals surface area contributed by atoms with E-state index in [1.165, 1.54) is 0 Å². The average Bonchev–Trinajstić information content (AvgIpc) is 2.14. The van der Waals surface area contributed by atoms with Crippen molar-refractivity contribution in [3.8, 4) is 0 Å². The Kier molecular flexibility index (Phi) is 4.09. The standard InChI is InChI=1S/C10H12BrNO/c1-2-3-4-10(13)8-5-9(11)7-12-6-8/h5-7H,2-4H2,1H3. The molecule has 2 nitrogen and oxygen atoms in total. The lowest BCUT2D eigenvalue weighted by molar-refractivity contribution is 0.0979. The molecule has 0 unspecified atom stereocenters. The number of carbonyl (C=O) groups excluding carboxylic acids is 1. The summed E-state index contributed by atoms with van der Waals surface area (Å²) in [7, 11) is 0. The van der Waals surface area contributed by atoms with Crippen LogP contribution in [0, 0.1) is 0 Å². The lowest BCUT2D eigenvalue weighted by Gasteiger charge is -1.99. The predicted octanol–water partition coefficient (Wildman–Crippen LogP) is 3.22. The van der Waals surface area contributed by atoms with E-state index in [0.717, 1.165) is 17.3 Å². The van der Waals surface area contributed by atoms with Gasteiger partial charge in [-0.3, -0.25) is 9.78 Å². The number of nitrogens with zero attached hydrogens (tertiary/aromatic N) is 1. The van der Waals surface area contributed by atoms with Crippen LogP contribution in [0.15, 0.2) is 22.9 Å². The van der Waals surface area contributed by atoms with Crippen LogP contribution in [0.1, 0.15) is 36.5 Å². The molecule has 0 saturated heterocycles. The fraction of sp³-hybridized carbons (Fsp3) is 0.400. The first-order chi connectivity index (χ1) is 6.24. The summed E-state index contributed by atoms with van der Waals surface area (Å²) in [4.78, 5) is 15.4. The lowest BCUT2D eigenvalue weighted by atomic mass is 10.1. The molecule has 0 saturated carbocycles. The Morgan fingerprint density at radius 2 is 2.31 bits per heavy atom. The molecular weight excluding hydrogens is 230 g/mol. The van der Waals surface area contributed by atoms with E-state index in [9.17, 15) is 4.79 Å².